The number of rotatable bonds is 68. The number of carbonyl (C=O) groups excluding carboxylic acids is 2. The van der Waals surface area contributed by atoms with E-state index in [0.717, 1.165) is 128 Å². The maximum absolute atomic E-state index is 12.8. The minimum Gasteiger partial charge on any atom is -0.462 e. The minimum atomic E-state index is -4.41. The maximum atomic E-state index is 12.8. The Hall–Kier alpha value is -4.37. The molecule has 0 aliphatic carbocycles. The highest BCUT2D eigenvalue weighted by atomic mass is 31.2. The lowest BCUT2D eigenvalue weighted by Gasteiger charge is -2.19. The van der Waals surface area contributed by atoms with Crippen molar-refractivity contribution in [2.24, 2.45) is 5.73 Å². The van der Waals surface area contributed by atoms with Crippen LogP contribution < -0.4 is 5.73 Å². The van der Waals surface area contributed by atoms with Crippen LogP contribution in [0.4, 0.5) is 0 Å². The fourth-order valence-corrected chi connectivity index (χ4v) is 10.7. The number of carbonyl (C=O) groups is 2. The molecular weight excluding hydrogens is 1150 g/mol. The van der Waals surface area contributed by atoms with E-state index in [2.05, 4.69) is 172 Å². The van der Waals surface area contributed by atoms with Crippen LogP contribution in [0.3, 0.4) is 0 Å². The highest BCUT2D eigenvalue weighted by Crippen LogP contribution is 2.43. The summed E-state index contributed by atoms with van der Waals surface area (Å²) in [5.74, 6) is -0.850. The molecule has 0 aromatic heterocycles. The van der Waals surface area contributed by atoms with Gasteiger partial charge in [0.15, 0.2) is 6.10 Å². The molecule has 0 spiro atoms. The molecule has 0 radical (unpaired) electrons. The molecule has 2 unspecified atom stereocenters. The van der Waals surface area contributed by atoms with Gasteiger partial charge in [-0.25, -0.2) is 4.57 Å². The Morgan fingerprint density at radius 1 is 0.341 bits per heavy atom. The summed E-state index contributed by atoms with van der Waals surface area (Å²) in [6.07, 6.45) is 109. The molecule has 0 bridgehead atoms. The van der Waals surface area contributed by atoms with Crippen LogP contribution in [-0.4, -0.2) is 49.3 Å². The molecule has 9 nitrogen and oxygen atoms in total. The van der Waals surface area contributed by atoms with Crippen molar-refractivity contribution in [2.75, 3.05) is 26.4 Å². The summed E-state index contributed by atoms with van der Waals surface area (Å²) in [4.78, 5) is 35.4. The summed E-state index contributed by atoms with van der Waals surface area (Å²) < 4.78 is 33.2. The zero-order chi connectivity index (χ0) is 65.8. The highest BCUT2D eigenvalue weighted by Gasteiger charge is 2.26. The summed E-state index contributed by atoms with van der Waals surface area (Å²) >= 11 is 0. The summed E-state index contributed by atoms with van der Waals surface area (Å²) in [5, 5.41) is 0. The van der Waals surface area contributed by atoms with Gasteiger partial charge < -0.3 is 20.1 Å². The maximum Gasteiger partial charge on any atom is 0.472 e. The predicted octanol–water partition coefficient (Wildman–Crippen LogP) is 24.7. The van der Waals surface area contributed by atoms with Gasteiger partial charge in [0, 0.05) is 19.4 Å². The SMILES string of the molecule is CC/C=C\C/C=C\C/C=C\C/C=C\C/C=C\C/C=C\C/C=C\C/C=C\C/C=C\C/C=C\C/C=C\CCCCCCCC(=O)OC(COC(=O)CCCCCCCCCCCCCCCCCCCCC/C=C\C/C=C\CCCCCCC)COP(=O)(O)OCCN. The lowest BCUT2D eigenvalue weighted by Crippen LogP contribution is -2.29. The number of hydrogen-bond donors (Lipinski definition) is 2. The van der Waals surface area contributed by atoms with Gasteiger partial charge >= 0.3 is 19.8 Å². The minimum absolute atomic E-state index is 0.0433. The first-order valence-corrected chi connectivity index (χ1v) is 38.5. The summed E-state index contributed by atoms with van der Waals surface area (Å²) in [6, 6.07) is 0. The van der Waals surface area contributed by atoms with Gasteiger partial charge in [0.2, 0.25) is 0 Å². The molecule has 0 aliphatic heterocycles. The normalized spacial score (nSPS) is 13.8. The number of ether oxygens (including phenoxy) is 2. The predicted molar refractivity (Wildman–Crippen MR) is 394 cm³/mol. The topological polar surface area (TPSA) is 134 Å². The van der Waals surface area contributed by atoms with Crippen LogP contribution in [0, 0.1) is 0 Å². The molecule has 3 N–H and O–H groups in total. The fraction of sp³-hybridized carbons (Fsp3) is 0.654. The number of hydrogen-bond acceptors (Lipinski definition) is 8. The number of phosphoric ester groups is 1. The summed E-state index contributed by atoms with van der Waals surface area (Å²) in [5.41, 5.74) is 5.40. The third kappa shape index (κ3) is 74.5. The lowest BCUT2D eigenvalue weighted by molar-refractivity contribution is -0.161. The van der Waals surface area contributed by atoms with Crippen LogP contribution >= 0.6 is 7.82 Å². The molecule has 0 saturated heterocycles. The molecule has 0 rings (SSSR count). The van der Waals surface area contributed by atoms with Gasteiger partial charge in [-0.1, -0.05) is 326 Å². The van der Waals surface area contributed by atoms with Gasteiger partial charge in [-0.05, 0) is 128 Å². The first-order valence-electron chi connectivity index (χ1n) is 37.0. The highest BCUT2D eigenvalue weighted by molar-refractivity contribution is 7.47. The molecule has 0 aromatic carbocycles. The molecule has 0 heterocycles. The second kappa shape index (κ2) is 74.7. The Morgan fingerprint density at radius 3 is 0.901 bits per heavy atom. The summed E-state index contributed by atoms with van der Waals surface area (Å²) in [6.45, 7) is 3.61. The van der Waals surface area contributed by atoms with Crippen LogP contribution in [-0.2, 0) is 32.7 Å². The fourth-order valence-electron chi connectivity index (χ4n) is 9.97. The third-order valence-electron chi connectivity index (χ3n) is 15.4. The van der Waals surface area contributed by atoms with Crippen molar-refractivity contribution < 1.29 is 37.6 Å². The Morgan fingerprint density at radius 2 is 0.604 bits per heavy atom. The lowest BCUT2D eigenvalue weighted by atomic mass is 10.0. The zero-order valence-corrected chi connectivity index (χ0v) is 59.2. The van der Waals surface area contributed by atoms with E-state index < -0.39 is 26.5 Å². The first-order chi connectivity index (χ1) is 44.8. The Kier molecular flexibility index (Phi) is 71.1. The number of unbranched alkanes of at least 4 members (excludes halogenated alkanes) is 29. The molecule has 91 heavy (non-hydrogen) atoms. The molecule has 0 fully saturated rings. The molecule has 2 atom stereocenters. The Labute approximate surface area is 559 Å². The van der Waals surface area contributed by atoms with Crippen LogP contribution in [0.5, 0.6) is 0 Å². The standard InChI is InChI=1S/C81H136NO8P/c1-3-5-7-9-11-13-15-17-19-21-23-25-27-29-31-33-35-36-37-38-39-40-41-42-44-46-48-50-52-54-56-58-60-62-64-66-68-70-72-74-81(84)90-79(78-89-91(85,86)88-76-75-82)77-87-80(83)73-71-69-67-65-63-61-59-57-55-53-51-49-47-45-43-34-32-30-28-26-24-22-20-18-16-14-12-10-8-6-4-2/h5,7,11,13,16-19,22-25,29,31,35-36,38-39,41-42,46,48,52,54,58,60,79H,3-4,6,8-10,12,14-15,20-21,26-28,30,32-34,37,40,43-45,47,49-51,53,55-57,59,61-78,82H2,1-2H3,(H,85,86)/b7-5-,13-11-,18-16-,19-17-,24-22-,25-23-,31-29-,36-35-,39-38-,42-41-,48-46-,54-52-,60-58-. The number of allylic oxidation sites excluding steroid dienone is 26. The molecule has 518 valence electrons. The van der Waals surface area contributed by atoms with E-state index >= 15 is 0 Å². The van der Waals surface area contributed by atoms with Crippen LogP contribution in [0.25, 0.3) is 0 Å². The quantitative estimate of drug-likeness (QED) is 0.0264. The smallest absolute Gasteiger partial charge is 0.462 e. The average Bonchev–Trinajstić information content (AvgIpc) is 3.71. The Balaban J connectivity index is 3.97. The molecule has 0 amide bonds. The van der Waals surface area contributed by atoms with E-state index in [1.807, 2.05) is 0 Å². The van der Waals surface area contributed by atoms with E-state index in [9.17, 15) is 19.0 Å². The van der Waals surface area contributed by atoms with Gasteiger partial charge in [-0.15, -0.1) is 0 Å². The van der Waals surface area contributed by atoms with Crippen molar-refractivity contribution in [3.63, 3.8) is 0 Å². The van der Waals surface area contributed by atoms with Crippen molar-refractivity contribution in [1.29, 1.82) is 0 Å². The van der Waals surface area contributed by atoms with E-state index in [1.54, 1.807) is 0 Å². The molecule has 0 aliphatic rings. The van der Waals surface area contributed by atoms with Gasteiger partial charge in [0.25, 0.3) is 0 Å². The van der Waals surface area contributed by atoms with Crippen molar-refractivity contribution in [3.05, 3.63) is 158 Å². The molecule has 0 aromatic rings. The van der Waals surface area contributed by atoms with Crippen LogP contribution in [0.2, 0.25) is 0 Å². The Bertz CT molecular complexity index is 2050. The first kappa shape index (κ1) is 86.6. The second-order valence-electron chi connectivity index (χ2n) is 24.1. The van der Waals surface area contributed by atoms with Crippen molar-refractivity contribution >= 4 is 19.8 Å². The van der Waals surface area contributed by atoms with Crippen molar-refractivity contribution in [1.82, 2.24) is 0 Å². The van der Waals surface area contributed by atoms with Gasteiger partial charge in [0.05, 0.1) is 13.2 Å². The van der Waals surface area contributed by atoms with Crippen molar-refractivity contribution in [3.8, 4) is 0 Å². The molecule has 0 saturated carbocycles. The number of esters is 2. The second-order valence-corrected chi connectivity index (χ2v) is 25.5. The molecular formula is C81H136NO8P. The van der Waals surface area contributed by atoms with E-state index in [-0.39, 0.29) is 38.6 Å². The van der Waals surface area contributed by atoms with Crippen molar-refractivity contribution in [2.45, 2.75) is 315 Å². The zero-order valence-electron chi connectivity index (χ0n) is 58.3. The van der Waals surface area contributed by atoms with E-state index in [0.29, 0.717) is 6.42 Å². The van der Waals surface area contributed by atoms with Gasteiger partial charge in [-0.2, -0.15) is 0 Å². The van der Waals surface area contributed by atoms with Gasteiger partial charge in [0.1, 0.15) is 6.61 Å². The average molecular weight is 1280 g/mol. The molecule has 10 heteroatoms. The summed E-state index contributed by atoms with van der Waals surface area (Å²) in [7, 11) is -4.41. The largest absolute Gasteiger partial charge is 0.472 e. The van der Waals surface area contributed by atoms with E-state index in [4.69, 9.17) is 24.3 Å². The third-order valence-corrected chi connectivity index (χ3v) is 16.4. The van der Waals surface area contributed by atoms with Crippen LogP contribution in [0.15, 0.2) is 158 Å². The van der Waals surface area contributed by atoms with Crippen LogP contribution in [0.1, 0.15) is 309 Å². The number of nitrogens with two attached hydrogens (primary N) is 1. The van der Waals surface area contributed by atoms with E-state index in [1.165, 1.54) is 148 Å². The monoisotopic (exact) mass is 1280 g/mol. The van der Waals surface area contributed by atoms with Gasteiger partial charge in [-0.3, -0.25) is 18.6 Å². The number of phosphoric acid groups is 1.